The largest absolute Gasteiger partial charge is 0.353 e. The fraction of sp³-hybridized carbons (Fsp3) is 0.538. The Labute approximate surface area is 111 Å². The van der Waals surface area contributed by atoms with Crippen LogP contribution >= 0.6 is 11.3 Å². The summed E-state index contributed by atoms with van der Waals surface area (Å²) in [5.74, 6) is -0.0556. The number of nitrogens with zero attached hydrogens (tertiary/aromatic N) is 1. The summed E-state index contributed by atoms with van der Waals surface area (Å²) in [5.41, 5.74) is 1.14. The summed E-state index contributed by atoms with van der Waals surface area (Å²) in [5, 5.41) is 2.81. The fourth-order valence-corrected chi connectivity index (χ4v) is 3.17. The molecule has 0 aromatic carbocycles. The third kappa shape index (κ3) is 2.27. The molecule has 1 N–H and O–H groups in total. The maximum Gasteiger partial charge on any atom is 0.264 e. The molecule has 0 radical (unpaired) electrons. The summed E-state index contributed by atoms with van der Waals surface area (Å²) in [6.07, 6.45) is 0.654. The molecule has 1 saturated heterocycles. The zero-order valence-corrected chi connectivity index (χ0v) is 11.8. The Hall–Kier alpha value is -1.36. The van der Waals surface area contributed by atoms with Crippen molar-refractivity contribution in [2.45, 2.75) is 33.2 Å². The number of aryl methyl sites for hydroxylation is 2. The van der Waals surface area contributed by atoms with E-state index in [1.807, 2.05) is 26.8 Å². The van der Waals surface area contributed by atoms with Crippen LogP contribution in [-0.4, -0.2) is 35.8 Å². The van der Waals surface area contributed by atoms with Crippen molar-refractivity contribution in [3.8, 4) is 0 Å². The molecule has 0 aliphatic carbocycles. The van der Waals surface area contributed by atoms with Crippen LogP contribution in [0.3, 0.4) is 0 Å². The third-order valence-electron chi connectivity index (χ3n) is 3.36. The average Bonchev–Trinajstić information content (AvgIpc) is 2.68. The van der Waals surface area contributed by atoms with Crippen LogP contribution in [0.15, 0.2) is 6.07 Å². The second-order valence-electron chi connectivity index (χ2n) is 4.56. The molecule has 2 rings (SSSR count). The lowest BCUT2D eigenvalue weighted by Crippen LogP contribution is -2.56. The minimum atomic E-state index is -0.325. The highest BCUT2D eigenvalue weighted by atomic mass is 32.1. The molecule has 0 bridgehead atoms. The van der Waals surface area contributed by atoms with Crippen LogP contribution in [0.25, 0.3) is 0 Å². The molecule has 1 unspecified atom stereocenters. The van der Waals surface area contributed by atoms with E-state index in [4.69, 9.17) is 0 Å². The van der Waals surface area contributed by atoms with Crippen LogP contribution in [0, 0.1) is 13.8 Å². The first-order chi connectivity index (χ1) is 8.54. The second-order valence-corrected chi connectivity index (χ2v) is 5.82. The average molecular weight is 266 g/mol. The van der Waals surface area contributed by atoms with Crippen molar-refractivity contribution in [2.75, 3.05) is 13.1 Å². The van der Waals surface area contributed by atoms with Crippen molar-refractivity contribution in [1.29, 1.82) is 0 Å². The fourth-order valence-electron chi connectivity index (χ4n) is 2.18. The molecule has 4 nitrogen and oxygen atoms in total. The molecule has 0 saturated carbocycles. The summed E-state index contributed by atoms with van der Waals surface area (Å²) in [7, 11) is 0. The van der Waals surface area contributed by atoms with E-state index >= 15 is 0 Å². The smallest absolute Gasteiger partial charge is 0.264 e. The van der Waals surface area contributed by atoms with Gasteiger partial charge in [0.15, 0.2) is 0 Å². The normalized spacial score (nSPS) is 19.8. The van der Waals surface area contributed by atoms with Crippen LogP contribution in [0.2, 0.25) is 0 Å². The van der Waals surface area contributed by atoms with Gasteiger partial charge in [-0.3, -0.25) is 9.59 Å². The Morgan fingerprint density at radius 3 is 2.83 bits per heavy atom. The van der Waals surface area contributed by atoms with E-state index in [0.717, 1.165) is 15.3 Å². The summed E-state index contributed by atoms with van der Waals surface area (Å²) in [4.78, 5) is 27.8. The van der Waals surface area contributed by atoms with E-state index in [9.17, 15) is 9.59 Å². The van der Waals surface area contributed by atoms with Gasteiger partial charge in [0, 0.05) is 18.0 Å². The number of carbonyl (C=O) groups excluding carboxylic acids is 2. The van der Waals surface area contributed by atoms with E-state index in [-0.39, 0.29) is 17.9 Å². The van der Waals surface area contributed by atoms with Crippen LogP contribution in [0.1, 0.15) is 33.5 Å². The minimum absolute atomic E-state index is 0.0158. The molecule has 2 amide bonds. The van der Waals surface area contributed by atoms with Gasteiger partial charge in [-0.2, -0.15) is 0 Å². The maximum atomic E-state index is 12.4. The highest BCUT2D eigenvalue weighted by Gasteiger charge is 2.32. The molecular formula is C13H18N2O2S. The Kier molecular flexibility index (Phi) is 3.71. The molecule has 1 aromatic heterocycles. The molecular weight excluding hydrogens is 248 g/mol. The van der Waals surface area contributed by atoms with Gasteiger partial charge in [-0.1, -0.05) is 6.92 Å². The molecule has 1 aliphatic heterocycles. The highest BCUT2D eigenvalue weighted by molar-refractivity contribution is 7.14. The second kappa shape index (κ2) is 5.10. The Balaban J connectivity index is 2.24. The molecule has 2 heterocycles. The standard InChI is InChI=1S/C13H18N2O2S/c1-4-10-12(16)14-5-6-15(10)13(17)11-7-8(2)9(3)18-11/h7,10H,4-6H2,1-3H3,(H,14,16). The molecule has 98 valence electrons. The number of hydrogen-bond acceptors (Lipinski definition) is 3. The van der Waals surface area contributed by atoms with Crippen molar-refractivity contribution in [1.82, 2.24) is 10.2 Å². The predicted molar refractivity (Wildman–Crippen MR) is 71.9 cm³/mol. The van der Waals surface area contributed by atoms with E-state index in [0.29, 0.717) is 19.5 Å². The highest BCUT2D eigenvalue weighted by Crippen LogP contribution is 2.23. The Morgan fingerprint density at radius 2 is 2.28 bits per heavy atom. The Bertz CT molecular complexity index is 462. The van der Waals surface area contributed by atoms with Crippen molar-refractivity contribution in [2.24, 2.45) is 0 Å². The van der Waals surface area contributed by atoms with Gasteiger partial charge < -0.3 is 10.2 Å². The van der Waals surface area contributed by atoms with Crippen molar-refractivity contribution < 1.29 is 9.59 Å². The van der Waals surface area contributed by atoms with Gasteiger partial charge in [0.2, 0.25) is 5.91 Å². The van der Waals surface area contributed by atoms with Gasteiger partial charge in [0.05, 0.1) is 4.88 Å². The topological polar surface area (TPSA) is 49.4 Å². The number of thiophene rings is 1. The van der Waals surface area contributed by atoms with E-state index in [1.54, 1.807) is 4.90 Å². The van der Waals surface area contributed by atoms with Gasteiger partial charge in [-0.05, 0) is 31.9 Å². The Morgan fingerprint density at radius 1 is 1.56 bits per heavy atom. The number of carbonyl (C=O) groups is 2. The van der Waals surface area contributed by atoms with Gasteiger partial charge in [0.25, 0.3) is 5.91 Å². The van der Waals surface area contributed by atoms with Gasteiger partial charge in [-0.25, -0.2) is 0 Å². The first-order valence-electron chi connectivity index (χ1n) is 6.20. The number of rotatable bonds is 2. The zero-order valence-electron chi connectivity index (χ0n) is 10.9. The van der Waals surface area contributed by atoms with Crippen LogP contribution in [-0.2, 0) is 4.79 Å². The van der Waals surface area contributed by atoms with Crippen molar-refractivity contribution >= 4 is 23.2 Å². The quantitative estimate of drug-likeness (QED) is 0.886. The van der Waals surface area contributed by atoms with Gasteiger partial charge in [0.1, 0.15) is 6.04 Å². The van der Waals surface area contributed by atoms with Crippen molar-refractivity contribution in [3.05, 3.63) is 21.4 Å². The van der Waals surface area contributed by atoms with E-state index in [2.05, 4.69) is 5.32 Å². The lowest BCUT2D eigenvalue weighted by molar-refractivity contribution is -0.127. The number of nitrogens with one attached hydrogen (secondary N) is 1. The molecule has 5 heteroatoms. The molecule has 1 aromatic rings. The summed E-state index contributed by atoms with van der Waals surface area (Å²) >= 11 is 1.51. The van der Waals surface area contributed by atoms with Gasteiger partial charge in [-0.15, -0.1) is 11.3 Å². The maximum absolute atomic E-state index is 12.4. The number of piperazine rings is 1. The van der Waals surface area contributed by atoms with Crippen LogP contribution in [0.5, 0.6) is 0 Å². The van der Waals surface area contributed by atoms with Crippen LogP contribution in [0.4, 0.5) is 0 Å². The van der Waals surface area contributed by atoms with E-state index < -0.39 is 0 Å². The molecule has 18 heavy (non-hydrogen) atoms. The first-order valence-corrected chi connectivity index (χ1v) is 7.02. The first kappa shape index (κ1) is 13.1. The molecule has 1 atom stereocenters. The molecule has 0 spiro atoms. The third-order valence-corrected chi connectivity index (χ3v) is 4.50. The van der Waals surface area contributed by atoms with Crippen LogP contribution < -0.4 is 5.32 Å². The lowest BCUT2D eigenvalue weighted by atomic mass is 10.1. The lowest BCUT2D eigenvalue weighted by Gasteiger charge is -2.34. The SMILES string of the molecule is CCC1C(=O)NCCN1C(=O)c1cc(C)c(C)s1. The summed E-state index contributed by atoms with van der Waals surface area (Å²) in [6, 6.07) is 1.59. The molecule has 1 fully saturated rings. The zero-order chi connectivity index (χ0) is 13.3. The predicted octanol–water partition coefficient (Wildman–Crippen LogP) is 1.72. The van der Waals surface area contributed by atoms with E-state index in [1.165, 1.54) is 11.3 Å². The monoisotopic (exact) mass is 266 g/mol. The summed E-state index contributed by atoms with van der Waals surface area (Å²) < 4.78 is 0. The summed E-state index contributed by atoms with van der Waals surface area (Å²) in [6.45, 7) is 7.09. The minimum Gasteiger partial charge on any atom is -0.353 e. The van der Waals surface area contributed by atoms with Crippen molar-refractivity contribution in [3.63, 3.8) is 0 Å². The molecule has 1 aliphatic rings. The number of hydrogen-bond donors (Lipinski definition) is 1. The van der Waals surface area contributed by atoms with Gasteiger partial charge >= 0.3 is 0 Å². The number of amides is 2.